The van der Waals surface area contributed by atoms with Gasteiger partial charge in [-0.25, -0.2) is 18.4 Å². The zero-order valence-electron chi connectivity index (χ0n) is 16.4. The average molecular weight is 458 g/mol. The Kier molecular flexibility index (Phi) is 5.82. The van der Waals surface area contributed by atoms with Gasteiger partial charge < -0.3 is 10.1 Å². The molecule has 0 unspecified atom stereocenters. The summed E-state index contributed by atoms with van der Waals surface area (Å²) >= 11 is 0. The molecule has 0 fully saturated rings. The van der Waals surface area contributed by atoms with Gasteiger partial charge in [0, 0.05) is 31.3 Å². The van der Waals surface area contributed by atoms with Crippen LogP contribution < -0.4 is 10.1 Å². The van der Waals surface area contributed by atoms with Crippen LogP contribution >= 0.6 is 0 Å². The second-order valence-corrected chi connectivity index (χ2v) is 8.61. The summed E-state index contributed by atoms with van der Waals surface area (Å²) in [4.78, 5) is 20.3. The maximum atomic E-state index is 12.8. The third-order valence-corrected chi connectivity index (χ3v) is 6.30. The third-order valence-electron chi connectivity index (χ3n) is 4.54. The molecule has 164 valence electrons. The van der Waals surface area contributed by atoms with Crippen molar-refractivity contribution in [3.05, 3.63) is 84.4 Å². The molecular formula is C21H16F2N4O4S. The highest BCUT2D eigenvalue weighted by molar-refractivity contribution is 7.91. The van der Waals surface area contributed by atoms with Crippen molar-refractivity contribution in [2.24, 2.45) is 0 Å². The number of sulfone groups is 1. The molecule has 0 aliphatic heterocycles. The lowest BCUT2D eigenvalue weighted by Gasteiger charge is -2.09. The molecule has 32 heavy (non-hydrogen) atoms. The highest BCUT2D eigenvalue weighted by Crippen LogP contribution is 2.25. The van der Waals surface area contributed by atoms with Crippen molar-refractivity contribution in [2.45, 2.75) is 22.9 Å². The highest BCUT2D eigenvalue weighted by Gasteiger charge is 2.19. The molecule has 1 N–H and O–H groups in total. The smallest absolute Gasteiger partial charge is 0.387 e. The van der Waals surface area contributed by atoms with Crippen molar-refractivity contribution in [3.63, 3.8) is 0 Å². The van der Waals surface area contributed by atoms with E-state index in [1.54, 1.807) is 35.1 Å². The number of halogens is 2. The molecule has 2 heterocycles. The van der Waals surface area contributed by atoms with Crippen LogP contribution in [-0.2, 0) is 16.4 Å². The maximum Gasteiger partial charge on any atom is 0.387 e. The van der Waals surface area contributed by atoms with Crippen LogP contribution in [0.3, 0.4) is 0 Å². The van der Waals surface area contributed by atoms with Gasteiger partial charge in [-0.3, -0.25) is 9.20 Å². The molecule has 0 saturated carbocycles. The van der Waals surface area contributed by atoms with Crippen LogP contribution in [0.25, 0.3) is 5.78 Å². The van der Waals surface area contributed by atoms with Crippen molar-refractivity contribution < 1.29 is 26.7 Å². The average Bonchev–Trinajstić information content (AvgIpc) is 3.25. The van der Waals surface area contributed by atoms with Crippen LogP contribution in [0.15, 0.2) is 83.1 Å². The van der Waals surface area contributed by atoms with Crippen LogP contribution in [-0.4, -0.2) is 35.3 Å². The number of nitrogens with one attached hydrogen (secondary N) is 1. The van der Waals surface area contributed by atoms with Crippen LogP contribution in [0.1, 0.15) is 15.9 Å². The Balaban J connectivity index is 1.45. The van der Waals surface area contributed by atoms with Gasteiger partial charge in [-0.05, 0) is 35.9 Å². The number of rotatable bonds is 7. The Morgan fingerprint density at radius 2 is 1.88 bits per heavy atom. The predicted octanol–water partition coefficient (Wildman–Crippen LogP) is 3.09. The van der Waals surface area contributed by atoms with Gasteiger partial charge in [0.15, 0.2) is 0 Å². The molecule has 0 aliphatic carbocycles. The second-order valence-electron chi connectivity index (χ2n) is 6.66. The number of hydrogen-bond donors (Lipinski definition) is 1. The SMILES string of the molecule is O=C(NCc1ccc(S(=O)(=O)c2cccc(OC(F)F)c2)cc1)c1cnc2nccn2c1. The number of imidazole rings is 1. The first-order valence-corrected chi connectivity index (χ1v) is 10.8. The molecule has 0 saturated heterocycles. The first-order valence-electron chi connectivity index (χ1n) is 9.29. The Bertz CT molecular complexity index is 1370. The first kappa shape index (κ1) is 21.4. The third kappa shape index (κ3) is 4.57. The van der Waals surface area contributed by atoms with Crippen molar-refractivity contribution in [3.8, 4) is 5.75 Å². The van der Waals surface area contributed by atoms with E-state index in [-0.39, 0.29) is 28.0 Å². The van der Waals surface area contributed by atoms with E-state index >= 15 is 0 Å². The number of fused-ring (bicyclic) bond motifs is 1. The van der Waals surface area contributed by atoms with Gasteiger partial charge in [0.05, 0.1) is 15.4 Å². The summed E-state index contributed by atoms with van der Waals surface area (Å²) in [7, 11) is -3.93. The normalized spacial score (nSPS) is 11.6. The van der Waals surface area contributed by atoms with Gasteiger partial charge in [-0.2, -0.15) is 8.78 Å². The summed E-state index contributed by atoms with van der Waals surface area (Å²) in [6.45, 7) is -2.89. The fourth-order valence-electron chi connectivity index (χ4n) is 2.96. The van der Waals surface area contributed by atoms with E-state index in [0.717, 1.165) is 6.07 Å². The summed E-state index contributed by atoms with van der Waals surface area (Å²) in [5, 5.41) is 2.74. The highest BCUT2D eigenvalue weighted by atomic mass is 32.2. The van der Waals surface area contributed by atoms with Crippen LogP contribution in [0, 0.1) is 0 Å². The molecule has 4 aromatic rings. The van der Waals surface area contributed by atoms with E-state index in [1.807, 2.05) is 0 Å². The fourth-order valence-corrected chi connectivity index (χ4v) is 4.25. The molecule has 0 bridgehead atoms. The van der Waals surface area contributed by atoms with Gasteiger partial charge in [0.1, 0.15) is 5.75 Å². The summed E-state index contributed by atoms with van der Waals surface area (Å²) in [5.74, 6) is -0.117. The number of carbonyl (C=O) groups excluding carboxylic acids is 1. The van der Waals surface area contributed by atoms with Crippen molar-refractivity contribution in [1.29, 1.82) is 0 Å². The topological polar surface area (TPSA) is 103 Å². The minimum Gasteiger partial charge on any atom is -0.435 e. The number of aromatic nitrogens is 3. The number of nitrogens with zero attached hydrogens (tertiary/aromatic N) is 3. The summed E-state index contributed by atoms with van der Waals surface area (Å²) in [6, 6.07) is 10.8. The van der Waals surface area contributed by atoms with E-state index in [4.69, 9.17) is 0 Å². The summed E-state index contributed by atoms with van der Waals surface area (Å²) < 4.78 is 56.3. The van der Waals surface area contributed by atoms with E-state index < -0.39 is 16.4 Å². The number of alkyl halides is 2. The Morgan fingerprint density at radius 1 is 1.09 bits per heavy atom. The Labute approximate surface area is 181 Å². The standard InChI is InChI=1S/C21H16F2N4O4S/c22-20(23)31-16-2-1-3-18(10-16)32(29,30)17-6-4-14(5-7-17)11-25-19(28)15-12-26-21-24-8-9-27(21)13-15/h1-10,12-13,20H,11H2,(H,25,28). The van der Waals surface area contributed by atoms with Gasteiger partial charge >= 0.3 is 6.61 Å². The zero-order chi connectivity index (χ0) is 22.7. The van der Waals surface area contributed by atoms with Gasteiger partial charge in [-0.1, -0.05) is 18.2 Å². The van der Waals surface area contributed by atoms with Gasteiger partial charge in [0.25, 0.3) is 5.91 Å². The molecule has 2 aromatic heterocycles. The lowest BCUT2D eigenvalue weighted by molar-refractivity contribution is -0.0500. The minimum atomic E-state index is -3.93. The lowest BCUT2D eigenvalue weighted by Crippen LogP contribution is -2.23. The number of hydrogen-bond acceptors (Lipinski definition) is 6. The molecule has 0 radical (unpaired) electrons. The molecule has 1 amide bonds. The number of benzene rings is 2. The monoisotopic (exact) mass is 458 g/mol. The van der Waals surface area contributed by atoms with E-state index in [0.29, 0.717) is 16.9 Å². The molecule has 11 heteroatoms. The summed E-state index contributed by atoms with van der Waals surface area (Å²) in [5.41, 5.74) is 1.02. The Hall–Kier alpha value is -3.86. The maximum absolute atomic E-state index is 12.8. The first-order chi connectivity index (χ1) is 15.3. The molecule has 0 atom stereocenters. The summed E-state index contributed by atoms with van der Waals surface area (Å²) in [6.07, 6.45) is 6.26. The Morgan fingerprint density at radius 3 is 2.62 bits per heavy atom. The fraction of sp³-hybridized carbons (Fsp3) is 0.0952. The largest absolute Gasteiger partial charge is 0.435 e. The quantitative estimate of drug-likeness (QED) is 0.457. The van der Waals surface area contributed by atoms with E-state index in [9.17, 15) is 22.0 Å². The molecule has 0 spiro atoms. The van der Waals surface area contributed by atoms with Gasteiger partial charge in [0.2, 0.25) is 15.6 Å². The molecule has 4 rings (SSSR count). The molecule has 2 aromatic carbocycles. The van der Waals surface area contributed by atoms with Crippen LogP contribution in [0.2, 0.25) is 0 Å². The van der Waals surface area contributed by atoms with Crippen LogP contribution in [0.5, 0.6) is 5.75 Å². The van der Waals surface area contributed by atoms with E-state index in [1.165, 1.54) is 36.5 Å². The van der Waals surface area contributed by atoms with Crippen molar-refractivity contribution in [2.75, 3.05) is 0 Å². The van der Waals surface area contributed by atoms with Crippen LogP contribution in [0.4, 0.5) is 8.78 Å². The second kappa shape index (κ2) is 8.71. The zero-order valence-corrected chi connectivity index (χ0v) is 17.2. The predicted molar refractivity (Wildman–Crippen MR) is 109 cm³/mol. The minimum absolute atomic E-state index is 0.0171. The van der Waals surface area contributed by atoms with Crippen molar-refractivity contribution in [1.82, 2.24) is 19.7 Å². The van der Waals surface area contributed by atoms with E-state index in [2.05, 4.69) is 20.0 Å². The van der Waals surface area contributed by atoms with Gasteiger partial charge in [-0.15, -0.1) is 0 Å². The lowest BCUT2D eigenvalue weighted by atomic mass is 10.2. The number of ether oxygens (including phenoxy) is 1. The number of amides is 1. The molecule has 0 aliphatic rings. The molecule has 8 nitrogen and oxygen atoms in total. The number of carbonyl (C=O) groups is 1. The van der Waals surface area contributed by atoms with Crippen molar-refractivity contribution >= 4 is 21.5 Å². The molecular weight excluding hydrogens is 442 g/mol.